The molecule has 164 valence electrons. The van der Waals surface area contributed by atoms with Gasteiger partial charge in [0.1, 0.15) is 11.5 Å². The average Bonchev–Trinajstić information content (AvgIpc) is 3.46. The van der Waals surface area contributed by atoms with Crippen molar-refractivity contribution in [2.24, 2.45) is 5.92 Å². The van der Waals surface area contributed by atoms with Crippen molar-refractivity contribution in [1.82, 2.24) is 4.90 Å². The third kappa shape index (κ3) is 4.01. The standard InChI is InChI=1S/C26H37NO3/c1-7-8-11-26(12-13-26)20-15-21(28)22(24(29)23(20)25(30)27(5)6)19-14-17(4)9-10-18(19)16(2)3/h14-15,18-19,28-29H,2,7-13H2,1,3-6H3/t18-,19+/m0/s1. The molecule has 1 aromatic rings. The number of benzene rings is 1. The Morgan fingerprint density at radius 2 is 1.97 bits per heavy atom. The van der Waals surface area contributed by atoms with Crippen LogP contribution in [0, 0.1) is 5.92 Å². The minimum Gasteiger partial charge on any atom is -0.507 e. The van der Waals surface area contributed by atoms with Crippen LogP contribution in [-0.4, -0.2) is 35.1 Å². The summed E-state index contributed by atoms with van der Waals surface area (Å²) in [5, 5.41) is 22.6. The molecule has 1 fully saturated rings. The highest BCUT2D eigenvalue weighted by atomic mass is 16.3. The van der Waals surface area contributed by atoms with E-state index in [9.17, 15) is 15.0 Å². The van der Waals surface area contributed by atoms with Gasteiger partial charge in [0, 0.05) is 25.6 Å². The number of allylic oxidation sites excluding steroid dienone is 3. The number of carbonyl (C=O) groups excluding carboxylic acids is 1. The molecular weight excluding hydrogens is 374 g/mol. The molecule has 0 aliphatic heterocycles. The summed E-state index contributed by atoms with van der Waals surface area (Å²) in [7, 11) is 3.43. The fraction of sp³-hybridized carbons (Fsp3) is 0.577. The van der Waals surface area contributed by atoms with Crippen molar-refractivity contribution < 1.29 is 15.0 Å². The molecule has 0 saturated heterocycles. The Balaban J connectivity index is 2.22. The van der Waals surface area contributed by atoms with Crippen molar-refractivity contribution in [2.75, 3.05) is 14.1 Å². The van der Waals surface area contributed by atoms with Crippen molar-refractivity contribution in [2.45, 2.75) is 77.0 Å². The number of phenolic OH excluding ortho intramolecular Hbond substituents is 2. The number of rotatable bonds is 7. The molecule has 2 aliphatic carbocycles. The predicted molar refractivity (Wildman–Crippen MR) is 122 cm³/mol. The van der Waals surface area contributed by atoms with Crippen LogP contribution in [-0.2, 0) is 5.41 Å². The molecule has 2 atom stereocenters. The maximum absolute atomic E-state index is 13.2. The van der Waals surface area contributed by atoms with E-state index in [-0.39, 0.29) is 34.7 Å². The molecular formula is C26H37NO3. The summed E-state index contributed by atoms with van der Waals surface area (Å²) in [6.45, 7) is 10.4. The highest BCUT2D eigenvalue weighted by molar-refractivity contribution is 5.99. The highest BCUT2D eigenvalue weighted by Gasteiger charge is 2.47. The van der Waals surface area contributed by atoms with Crippen LogP contribution in [0.1, 0.15) is 93.1 Å². The molecule has 1 amide bonds. The van der Waals surface area contributed by atoms with Gasteiger partial charge in [-0.1, -0.05) is 43.6 Å². The second-order valence-electron chi connectivity index (χ2n) is 9.69. The van der Waals surface area contributed by atoms with Gasteiger partial charge in [-0.15, -0.1) is 0 Å². The number of phenols is 2. The van der Waals surface area contributed by atoms with E-state index < -0.39 is 0 Å². The molecule has 4 heteroatoms. The number of nitrogens with zero attached hydrogens (tertiary/aromatic N) is 1. The van der Waals surface area contributed by atoms with Gasteiger partial charge in [-0.25, -0.2) is 0 Å². The first-order valence-electron chi connectivity index (χ1n) is 11.3. The van der Waals surface area contributed by atoms with Gasteiger partial charge in [0.05, 0.1) is 5.56 Å². The SMILES string of the molecule is C=C(C)[C@@H]1CCC(C)=C[C@H]1c1c(O)cc(C2(CCCC)CC2)c(C(=O)N(C)C)c1O. The minimum atomic E-state index is -0.199. The van der Waals surface area contributed by atoms with Crippen LogP contribution in [0.3, 0.4) is 0 Å². The smallest absolute Gasteiger partial charge is 0.257 e. The summed E-state index contributed by atoms with van der Waals surface area (Å²) in [6.07, 6.45) is 9.17. The predicted octanol–water partition coefficient (Wildman–Crippen LogP) is 6.04. The third-order valence-electron chi connectivity index (χ3n) is 7.09. The first kappa shape index (κ1) is 22.5. The Bertz CT molecular complexity index is 877. The van der Waals surface area contributed by atoms with E-state index in [0.29, 0.717) is 11.1 Å². The first-order valence-corrected chi connectivity index (χ1v) is 11.3. The molecule has 0 bridgehead atoms. The Kier molecular flexibility index (Phi) is 6.35. The van der Waals surface area contributed by atoms with E-state index in [2.05, 4.69) is 26.5 Å². The van der Waals surface area contributed by atoms with Crippen LogP contribution in [0.15, 0.2) is 29.9 Å². The largest absolute Gasteiger partial charge is 0.507 e. The summed E-state index contributed by atoms with van der Waals surface area (Å²) in [5.41, 5.74) is 3.84. The van der Waals surface area contributed by atoms with Gasteiger partial charge < -0.3 is 15.1 Å². The molecule has 4 nitrogen and oxygen atoms in total. The molecule has 2 aliphatic rings. The van der Waals surface area contributed by atoms with Gasteiger partial charge in [-0.3, -0.25) is 4.79 Å². The number of aromatic hydroxyl groups is 2. The van der Waals surface area contributed by atoms with Gasteiger partial charge in [0.2, 0.25) is 0 Å². The van der Waals surface area contributed by atoms with E-state index in [1.165, 1.54) is 10.5 Å². The van der Waals surface area contributed by atoms with E-state index in [1.54, 1.807) is 20.2 Å². The maximum atomic E-state index is 13.2. The first-order chi connectivity index (χ1) is 14.1. The van der Waals surface area contributed by atoms with Gasteiger partial charge in [-0.2, -0.15) is 0 Å². The van der Waals surface area contributed by atoms with Crippen molar-refractivity contribution in [1.29, 1.82) is 0 Å². The normalized spacial score (nSPS) is 22.4. The molecule has 0 radical (unpaired) electrons. The summed E-state index contributed by atoms with van der Waals surface area (Å²) in [5.74, 6) is -0.190. The van der Waals surface area contributed by atoms with Crippen LogP contribution in [0.2, 0.25) is 0 Å². The fourth-order valence-corrected chi connectivity index (χ4v) is 5.08. The molecule has 2 N–H and O–H groups in total. The summed E-state index contributed by atoms with van der Waals surface area (Å²) >= 11 is 0. The van der Waals surface area contributed by atoms with Gasteiger partial charge in [0.15, 0.2) is 0 Å². The van der Waals surface area contributed by atoms with Gasteiger partial charge in [-0.05, 0) is 68.9 Å². The molecule has 0 heterocycles. The lowest BCUT2D eigenvalue weighted by Crippen LogP contribution is -2.26. The van der Waals surface area contributed by atoms with Crippen LogP contribution in [0.4, 0.5) is 0 Å². The Morgan fingerprint density at radius 3 is 2.50 bits per heavy atom. The molecule has 30 heavy (non-hydrogen) atoms. The van der Waals surface area contributed by atoms with Crippen LogP contribution in [0.5, 0.6) is 11.5 Å². The van der Waals surface area contributed by atoms with E-state index in [4.69, 9.17) is 0 Å². The lowest BCUT2D eigenvalue weighted by molar-refractivity contribution is 0.0822. The van der Waals surface area contributed by atoms with Crippen molar-refractivity contribution in [3.63, 3.8) is 0 Å². The number of hydrogen-bond acceptors (Lipinski definition) is 3. The summed E-state index contributed by atoms with van der Waals surface area (Å²) in [4.78, 5) is 14.7. The van der Waals surface area contributed by atoms with E-state index in [0.717, 1.165) is 56.1 Å². The molecule has 0 unspecified atom stereocenters. The number of unbranched alkanes of at least 4 members (excludes halogenated alkanes) is 1. The fourth-order valence-electron chi connectivity index (χ4n) is 5.08. The second kappa shape index (κ2) is 8.49. The third-order valence-corrected chi connectivity index (χ3v) is 7.09. The highest BCUT2D eigenvalue weighted by Crippen LogP contribution is 2.57. The number of carbonyl (C=O) groups is 1. The van der Waals surface area contributed by atoms with Gasteiger partial charge >= 0.3 is 0 Å². The molecule has 0 aromatic heterocycles. The molecule has 3 rings (SSSR count). The zero-order valence-electron chi connectivity index (χ0n) is 19.2. The van der Waals surface area contributed by atoms with Crippen molar-refractivity contribution >= 4 is 5.91 Å². The summed E-state index contributed by atoms with van der Waals surface area (Å²) < 4.78 is 0. The van der Waals surface area contributed by atoms with Crippen LogP contribution < -0.4 is 0 Å². The van der Waals surface area contributed by atoms with Gasteiger partial charge in [0.25, 0.3) is 5.91 Å². The van der Waals surface area contributed by atoms with Crippen molar-refractivity contribution in [3.05, 3.63) is 46.6 Å². The zero-order chi connectivity index (χ0) is 22.2. The quantitative estimate of drug-likeness (QED) is 0.538. The minimum absolute atomic E-state index is 0.0475. The Labute approximate surface area is 181 Å². The molecule has 1 saturated carbocycles. The lowest BCUT2D eigenvalue weighted by Gasteiger charge is -2.33. The summed E-state index contributed by atoms with van der Waals surface area (Å²) in [6, 6.07) is 1.78. The van der Waals surface area contributed by atoms with Crippen LogP contribution >= 0.6 is 0 Å². The monoisotopic (exact) mass is 411 g/mol. The maximum Gasteiger partial charge on any atom is 0.257 e. The zero-order valence-corrected chi connectivity index (χ0v) is 19.2. The number of hydrogen-bond donors (Lipinski definition) is 2. The topological polar surface area (TPSA) is 60.8 Å². The van der Waals surface area contributed by atoms with E-state index >= 15 is 0 Å². The Morgan fingerprint density at radius 1 is 1.30 bits per heavy atom. The second-order valence-corrected chi connectivity index (χ2v) is 9.69. The lowest BCUT2D eigenvalue weighted by atomic mass is 9.72. The van der Waals surface area contributed by atoms with Crippen LogP contribution in [0.25, 0.3) is 0 Å². The number of amides is 1. The average molecular weight is 412 g/mol. The van der Waals surface area contributed by atoms with E-state index in [1.807, 2.05) is 6.92 Å². The molecule has 1 aromatic carbocycles. The molecule has 0 spiro atoms. The van der Waals surface area contributed by atoms with Crippen molar-refractivity contribution in [3.8, 4) is 11.5 Å². The Hall–Kier alpha value is -2.23.